The van der Waals surface area contributed by atoms with E-state index in [1.807, 2.05) is 28.9 Å². The number of fused-ring (bicyclic) bond motifs is 5. The largest absolute Gasteiger partial charge is 0.508 e. The highest BCUT2D eigenvalue weighted by molar-refractivity contribution is 6.00. The Hall–Kier alpha value is -5.57. The van der Waals surface area contributed by atoms with Crippen molar-refractivity contribution in [3.8, 4) is 23.0 Å². The molecule has 2 bridgehead atoms. The van der Waals surface area contributed by atoms with Gasteiger partial charge in [0.25, 0.3) is 0 Å². The summed E-state index contributed by atoms with van der Waals surface area (Å²) >= 11 is 0. The van der Waals surface area contributed by atoms with Crippen molar-refractivity contribution in [2.45, 2.75) is 101 Å². The first kappa shape index (κ1) is 39.9. The van der Waals surface area contributed by atoms with Gasteiger partial charge in [-0.3, -0.25) is 19.5 Å². The van der Waals surface area contributed by atoms with E-state index in [1.54, 1.807) is 6.92 Å². The van der Waals surface area contributed by atoms with Gasteiger partial charge >= 0.3 is 12.0 Å². The molecule has 9 rings (SSSR count). The van der Waals surface area contributed by atoms with Gasteiger partial charge in [-0.05, 0) is 99.7 Å². The molecule has 4 aliphatic rings. The topological polar surface area (TPSA) is 121 Å². The summed E-state index contributed by atoms with van der Waals surface area (Å²) in [5.74, 6) is -3.94. The Morgan fingerprint density at radius 3 is 2.48 bits per heavy atom. The molecule has 4 saturated heterocycles. The number of phenols is 1. The van der Waals surface area contributed by atoms with Gasteiger partial charge in [0, 0.05) is 54.8 Å². The summed E-state index contributed by atoms with van der Waals surface area (Å²) < 4.78 is 72.9. The fraction of sp³-hybridized carbons (Fsp3) is 0.444. The number of aromatic hydroxyl groups is 1. The van der Waals surface area contributed by atoms with E-state index in [-0.39, 0.29) is 105 Å². The lowest BCUT2D eigenvalue weighted by Crippen LogP contribution is -2.56. The average Bonchev–Trinajstić information content (AvgIpc) is 3.88. The minimum Gasteiger partial charge on any atom is -0.508 e. The summed E-state index contributed by atoms with van der Waals surface area (Å²) in [5.41, 5.74) is 0.0300. The van der Waals surface area contributed by atoms with Gasteiger partial charge in [0.2, 0.25) is 5.91 Å². The van der Waals surface area contributed by atoms with Crippen LogP contribution in [0.5, 0.6) is 11.8 Å². The second kappa shape index (κ2) is 15.8. The average molecular weight is 827 g/mol. The molecule has 4 fully saturated rings. The van der Waals surface area contributed by atoms with Crippen LogP contribution in [0, 0.1) is 23.3 Å². The van der Waals surface area contributed by atoms with E-state index in [1.165, 1.54) is 30.5 Å². The Balaban J connectivity index is 1.07. The van der Waals surface area contributed by atoms with Crippen molar-refractivity contribution in [2.75, 3.05) is 31.1 Å². The van der Waals surface area contributed by atoms with E-state index in [9.17, 15) is 23.5 Å². The number of carbonyl (C=O) groups is 2. The predicted octanol–water partition coefficient (Wildman–Crippen LogP) is 8.16. The standard InChI is InChI=1S/C45H46F4N6O5/c1-3-5-37(58)60-25(2)18-36(57)55-29-11-12-30(55)23-53(22-29)43-33-21-50-41(32-20-31(56)19-27-8-13-34(47)39(48)38(27)32)40(49)42(33)51-44(52-43)59-24-45-15-4-17-54(45)35(14-16-45)26-6-9-28(46)10-7-26/h6-10,13,19-21,25,29-30,35,56H,3-5,11-12,14-18,22-24H2,1-2H3. The lowest BCUT2D eigenvalue weighted by molar-refractivity contribution is -0.151. The van der Waals surface area contributed by atoms with E-state index in [0.717, 1.165) is 62.8 Å². The van der Waals surface area contributed by atoms with Crippen LogP contribution < -0.4 is 9.64 Å². The summed E-state index contributed by atoms with van der Waals surface area (Å²) in [6.07, 6.45) is 6.76. The van der Waals surface area contributed by atoms with Crippen molar-refractivity contribution in [2.24, 2.45) is 0 Å². The van der Waals surface area contributed by atoms with E-state index < -0.39 is 23.6 Å². The zero-order chi connectivity index (χ0) is 41.9. The second-order valence-electron chi connectivity index (χ2n) is 16.7. The first-order chi connectivity index (χ1) is 28.9. The fourth-order valence-electron chi connectivity index (χ4n) is 10.2. The van der Waals surface area contributed by atoms with Crippen LogP contribution >= 0.6 is 0 Å². The van der Waals surface area contributed by atoms with Crippen LogP contribution in [0.3, 0.4) is 0 Å². The SMILES string of the molecule is CCCC(=O)OC(C)CC(=O)N1C2CCC1CN(c1nc(OCC34CCCN3C(c3ccc(F)cc3)CC4)nc3c(F)c(-c4cc(O)cc5ccc(F)c(F)c45)ncc13)C2. The number of aromatic nitrogens is 3. The molecule has 0 radical (unpaired) electrons. The third-order valence-electron chi connectivity index (χ3n) is 12.8. The number of nitrogens with zero attached hydrogens (tertiary/aromatic N) is 6. The number of carbonyl (C=O) groups excluding carboxylic acids is 2. The van der Waals surface area contributed by atoms with Crippen molar-refractivity contribution in [1.29, 1.82) is 0 Å². The maximum Gasteiger partial charge on any atom is 0.319 e. The fourth-order valence-corrected chi connectivity index (χ4v) is 10.2. The summed E-state index contributed by atoms with van der Waals surface area (Å²) in [4.78, 5) is 46.0. The van der Waals surface area contributed by atoms with Crippen molar-refractivity contribution in [1.82, 2.24) is 24.8 Å². The quantitative estimate of drug-likeness (QED) is 0.103. The Morgan fingerprint density at radius 1 is 0.967 bits per heavy atom. The number of anilines is 1. The van der Waals surface area contributed by atoms with E-state index >= 15 is 8.78 Å². The number of amides is 1. The lowest BCUT2D eigenvalue weighted by Gasteiger charge is -2.42. The van der Waals surface area contributed by atoms with Crippen molar-refractivity contribution >= 4 is 39.4 Å². The van der Waals surface area contributed by atoms with Gasteiger partial charge in [-0.2, -0.15) is 9.97 Å². The molecule has 2 aromatic heterocycles. The molecule has 6 heterocycles. The summed E-state index contributed by atoms with van der Waals surface area (Å²) in [6, 6.07) is 10.9. The molecular formula is C45H46F4N6O5. The van der Waals surface area contributed by atoms with Crippen LogP contribution in [-0.2, 0) is 14.3 Å². The number of benzene rings is 3. The highest BCUT2D eigenvalue weighted by atomic mass is 19.2. The molecule has 3 aromatic carbocycles. The highest BCUT2D eigenvalue weighted by Crippen LogP contribution is 2.49. The minimum absolute atomic E-state index is 0.0593. The normalized spacial score (nSPS) is 23.1. The number of ether oxygens (including phenoxy) is 2. The molecule has 0 spiro atoms. The first-order valence-electron chi connectivity index (χ1n) is 20.8. The molecule has 4 aliphatic heterocycles. The number of hydrogen-bond donors (Lipinski definition) is 1. The Morgan fingerprint density at radius 2 is 1.73 bits per heavy atom. The molecule has 314 valence electrons. The van der Waals surface area contributed by atoms with E-state index in [0.29, 0.717) is 25.3 Å². The third-order valence-corrected chi connectivity index (χ3v) is 12.8. The zero-order valence-electron chi connectivity index (χ0n) is 33.5. The molecule has 1 N–H and O–H groups in total. The number of halogens is 4. The van der Waals surface area contributed by atoms with Gasteiger partial charge in [0.05, 0.1) is 17.3 Å². The molecule has 0 aliphatic carbocycles. The third kappa shape index (κ3) is 7.13. The molecule has 15 heteroatoms. The van der Waals surface area contributed by atoms with Gasteiger partial charge in [-0.1, -0.05) is 25.1 Å². The van der Waals surface area contributed by atoms with Crippen LogP contribution in [0.1, 0.15) is 83.2 Å². The number of pyridine rings is 1. The summed E-state index contributed by atoms with van der Waals surface area (Å²) in [7, 11) is 0. The van der Waals surface area contributed by atoms with Crippen LogP contribution in [-0.4, -0.2) is 91.7 Å². The molecule has 0 saturated carbocycles. The molecule has 1 amide bonds. The Kier molecular flexibility index (Phi) is 10.5. The van der Waals surface area contributed by atoms with Crippen LogP contribution in [0.2, 0.25) is 0 Å². The molecule has 5 aromatic rings. The Labute approximate surface area is 344 Å². The zero-order valence-corrected chi connectivity index (χ0v) is 33.5. The molecule has 60 heavy (non-hydrogen) atoms. The molecular weight excluding hydrogens is 781 g/mol. The second-order valence-corrected chi connectivity index (χ2v) is 16.7. The maximum atomic E-state index is 17.1. The molecule has 5 unspecified atom stereocenters. The highest BCUT2D eigenvalue weighted by Gasteiger charge is 2.50. The monoisotopic (exact) mass is 826 g/mol. The Bertz CT molecular complexity index is 2480. The minimum atomic E-state index is -1.21. The number of piperazine rings is 1. The van der Waals surface area contributed by atoms with Gasteiger partial charge < -0.3 is 24.4 Å². The van der Waals surface area contributed by atoms with Gasteiger partial charge in [-0.25, -0.2) is 17.6 Å². The number of hydrogen-bond acceptors (Lipinski definition) is 10. The van der Waals surface area contributed by atoms with Gasteiger partial charge in [0.1, 0.15) is 41.3 Å². The van der Waals surface area contributed by atoms with Gasteiger partial charge in [-0.15, -0.1) is 0 Å². The van der Waals surface area contributed by atoms with Crippen molar-refractivity contribution in [3.05, 3.63) is 83.6 Å². The van der Waals surface area contributed by atoms with Crippen LogP contribution in [0.4, 0.5) is 23.4 Å². The van der Waals surface area contributed by atoms with Crippen molar-refractivity contribution in [3.63, 3.8) is 0 Å². The number of rotatable bonds is 11. The smallest absolute Gasteiger partial charge is 0.319 e. The predicted molar refractivity (Wildman–Crippen MR) is 215 cm³/mol. The summed E-state index contributed by atoms with van der Waals surface area (Å²) in [5, 5.41) is 10.8. The first-order valence-corrected chi connectivity index (χ1v) is 20.8. The number of phenolic OH excluding ortho intramolecular Hbond substituents is 1. The van der Waals surface area contributed by atoms with Crippen LogP contribution in [0.15, 0.2) is 54.7 Å². The van der Waals surface area contributed by atoms with Gasteiger partial charge in [0.15, 0.2) is 17.5 Å². The lowest BCUT2D eigenvalue weighted by atomic mass is 9.95. The van der Waals surface area contributed by atoms with Crippen LogP contribution in [0.25, 0.3) is 32.9 Å². The van der Waals surface area contributed by atoms with Crippen molar-refractivity contribution < 1.29 is 41.7 Å². The number of esters is 1. The summed E-state index contributed by atoms with van der Waals surface area (Å²) in [6.45, 7) is 5.40. The van der Waals surface area contributed by atoms with E-state index in [4.69, 9.17) is 14.5 Å². The van der Waals surface area contributed by atoms with E-state index in [2.05, 4.69) is 14.9 Å². The molecule has 5 atom stereocenters. The maximum absolute atomic E-state index is 17.1. The molecule has 11 nitrogen and oxygen atoms in total.